The summed E-state index contributed by atoms with van der Waals surface area (Å²) in [4.78, 5) is 11.2. The first-order valence-corrected chi connectivity index (χ1v) is 7.80. The van der Waals surface area contributed by atoms with Crippen LogP contribution >= 0.6 is 0 Å². The summed E-state index contributed by atoms with van der Waals surface area (Å²) in [6, 6.07) is 5.86. The molecule has 1 aliphatic heterocycles. The van der Waals surface area contributed by atoms with Gasteiger partial charge in [0, 0.05) is 13.1 Å². The smallest absolute Gasteiger partial charge is 0.309 e. The molecule has 8 heteroatoms. The molecule has 0 spiro atoms. The van der Waals surface area contributed by atoms with Gasteiger partial charge in [0.25, 0.3) is 0 Å². The van der Waals surface area contributed by atoms with Gasteiger partial charge in [0.1, 0.15) is 0 Å². The Labute approximate surface area is 122 Å². The number of carbonyl (C=O) groups excluding carboxylic acids is 1. The lowest BCUT2D eigenvalue weighted by Crippen LogP contribution is -2.30. The summed E-state index contributed by atoms with van der Waals surface area (Å²) in [5, 5.41) is 18.9. The minimum Gasteiger partial charge on any atom is -0.469 e. The third kappa shape index (κ3) is 3.41. The minimum absolute atomic E-state index is 0.0532. The number of ether oxygens (including phenoxy) is 1. The molecule has 1 aromatic rings. The van der Waals surface area contributed by atoms with Crippen molar-refractivity contribution < 1.29 is 28.2 Å². The Morgan fingerprint density at radius 2 is 1.76 bits per heavy atom. The van der Waals surface area contributed by atoms with Crippen molar-refractivity contribution in [3.63, 3.8) is 0 Å². The molecule has 0 bridgehead atoms. The molecule has 2 atom stereocenters. The second-order valence-electron chi connectivity index (χ2n) is 4.85. The van der Waals surface area contributed by atoms with E-state index in [0.717, 1.165) is 4.31 Å². The first-order chi connectivity index (χ1) is 9.84. The molecule has 2 rings (SSSR count). The maximum absolute atomic E-state index is 12.3. The van der Waals surface area contributed by atoms with E-state index in [9.17, 15) is 23.4 Å². The largest absolute Gasteiger partial charge is 0.469 e. The lowest BCUT2D eigenvalue weighted by molar-refractivity contribution is -0.139. The first kappa shape index (κ1) is 15.9. The summed E-state index contributed by atoms with van der Waals surface area (Å²) in [5.41, 5.74) is 0.641. The lowest BCUT2D eigenvalue weighted by Gasteiger charge is -2.15. The van der Waals surface area contributed by atoms with Crippen LogP contribution in [0.5, 0.6) is 0 Å². The normalized spacial score (nSPS) is 23.2. The van der Waals surface area contributed by atoms with Crippen LogP contribution in [-0.4, -0.2) is 61.3 Å². The van der Waals surface area contributed by atoms with Crippen LogP contribution in [0.4, 0.5) is 0 Å². The van der Waals surface area contributed by atoms with Crippen LogP contribution in [0, 0.1) is 0 Å². The van der Waals surface area contributed by atoms with Crippen LogP contribution in [0.3, 0.4) is 0 Å². The van der Waals surface area contributed by atoms with Crippen molar-refractivity contribution in [2.45, 2.75) is 23.5 Å². The van der Waals surface area contributed by atoms with Gasteiger partial charge < -0.3 is 14.9 Å². The van der Waals surface area contributed by atoms with E-state index in [1.54, 1.807) is 0 Å². The molecule has 0 saturated carbocycles. The molecular formula is C13H17NO6S. The number of methoxy groups -OCH3 is 1. The van der Waals surface area contributed by atoms with Crippen LogP contribution in [0.15, 0.2) is 29.2 Å². The van der Waals surface area contributed by atoms with Gasteiger partial charge in [0.05, 0.1) is 30.6 Å². The molecule has 2 unspecified atom stereocenters. The van der Waals surface area contributed by atoms with Gasteiger partial charge in [-0.05, 0) is 17.7 Å². The number of β-amino-alcohol motifs (C(OH)–C–C–N with tert-alkyl or cyclic N) is 2. The quantitative estimate of drug-likeness (QED) is 0.700. The Hall–Kier alpha value is -1.48. The fourth-order valence-electron chi connectivity index (χ4n) is 2.10. The molecule has 1 saturated heterocycles. The highest BCUT2D eigenvalue weighted by Crippen LogP contribution is 2.21. The summed E-state index contributed by atoms with van der Waals surface area (Å²) in [5.74, 6) is -0.406. The number of hydrogen-bond acceptors (Lipinski definition) is 6. The van der Waals surface area contributed by atoms with E-state index in [0.29, 0.717) is 5.56 Å². The summed E-state index contributed by atoms with van der Waals surface area (Å²) in [6.07, 6.45) is -2.07. The molecule has 0 radical (unpaired) electrons. The monoisotopic (exact) mass is 315 g/mol. The van der Waals surface area contributed by atoms with Gasteiger partial charge in [-0.1, -0.05) is 12.1 Å². The Morgan fingerprint density at radius 3 is 2.24 bits per heavy atom. The van der Waals surface area contributed by atoms with E-state index in [2.05, 4.69) is 4.74 Å². The van der Waals surface area contributed by atoms with Crippen LogP contribution in [0.1, 0.15) is 5.56 Å². The number of nitrogens with zero attached hydrogens (tertiary/aromatic N) is 1. The van der Waals surface area contributed by atoms with E-state index < -0.39 is 28.2 Å². The van der Waals surface area contributed by atoms with Crippen molar-refractivity contribution in [1.82, 2.24) is 4.31 Å². The number of carbonyl (C=O) groups is 1. The number of aliphatic hydroxyl groups is 2. The topological polar surface area (TPSA) is 104 Å². The van der Waals surface area contributed by atoms with E-state index >= 15 is 0 Å². The summed E-state index contributed by atoms with van der Waals surface area (Å²) in [6.45, 7) is -0.263. The van der Waals surface area contributed by atoms with Crippen molar-refractivity contribution in [2.24, 2.45) is 0 Å². The minimum atomic E-state index is -3.76. The average Bonchev–Trinajstić information content (AvgIpc) is 2.80. The first-order valence-electron chi connectivity index (χ1n) is 6.36. The maximum Gasteiger partial charge on any atom is 0.309 e. The molecule has 7 nitrogen and oxygen atoms in total. The van der Waals surface area contributed by atoms with Crippen LogP contribution in [0.2, 0.25) is 0 Å². The molecule has 1 heterocycles. The zero-order valence-electron chi connectivity index (χ0n) is 11.5. The van der Waals surface area contributed by atoms with E-state index in [1.165, 1.54) is 31.4 Å². The van der Waals surface area contributed by atoms with E-state index in [4.69, 9.17) is 0 Å². The van der Waals surface area contributed by atoms with Gasteiger partial charge in [-0.3, -0.25) is 4.79 Å². The summed E-state index contributed by atoms with van der Waals surface area (Å²) < 4.78 is 30.2. The van der Waals surface area contributed by atoms with E-state index in [1.807, 2.05) is 0 Å². The van der Waals surface area contributed by atoms with Crippen molar-refractivity contribution >= 4 is 16.0 Å². The lowest BCUT2D eigenvalue weighted by atomic mass is 10.2. The second kappa shape index (κ2) is 6.10. The van der Waals surface area contributed by atoms with Crippen molar-refractivity contribution in [3.05, 3.63) is 29.8 Å². The number of aliphatic hydroxyl groups excluding tert-OH is 2. The molecule has 1 aromatic carbocycles. The molecule has 1 fully saturated rings. The summed E-state index contributed by atoms with van der Waals surface area (Å²) >= 11 is 0. The molecule has 1 aliphatic rings. The third-order valence-corrected chi connectivity index (χ3v) is 5.21. The zero-order valence-corrected chi connectivity index (χ0v) is 12.3. The van der Waals surface area contributed by atoms with Crippen molar-refractivity contribution in [1.29, 1.82) is 0 Å². The van der Waals surface area contributed by atoms with Gasteiger partial charge in [-0.15, -0.1) is 0 Å². The van der Waals surface area contributed by atoms with Crippen molar-refractivity contribution in [3.8, 4) is 0 Å². The van der Waals surface area contributed by atoms with E-state index in [-0.39, 0.29) is 24.4 Å². The number of rotatable bonds is 4. The van der Waals surface area contributed by atoms with Gasteiger partial charge in [0.15, 0.2) is 0 Å². The number of sulfonamides is 1. The fourth-order valence-corrected chi connectivity index (χ4v) is 3.57. The average molecular weight is 315 g/mol. The highest BCUT2D eigenvalue weighted by molar-refractivity contribution is 7.89. The number of hydrogen-bond donors (Lipinski definition) is 2. The Kier molecular flexibility index (Phi) is 4.62. The molecular weight excluding hydrogens is 298 g/mol. The van der Waals surface area contributed by atoms with Gasteiger partial charge >= 0.3 is 5.97 Å². The molecule has 2 N–H and O–H groups in total. The Bertz CT molecular complexity index is 602. The van der Waals surface area contributed by atoms with Gasteiger partial charge in [-0.25, -0.2) is 8.42 Å². The molecule has 116 valence electrons. The molecule has 21 heavy (non-hydrogen) atoms. The van der Waals surface area contributed by atoms with Crippen LogP contribution in [0.25, 0.3) is 0 Å². The number of benzene rings is 1. The van der Waals surface area contributed by atoms with Gasteiger partial charge in [0.2, 0.25) is 10.0 Å². The highest BCUT2D eigenvalue weighted by Gasteiger charge is 2.37. The summed E-state index contributed by atoms with van der Waals surface area (Å²) in [7, 11) is -2.48. The maximum atomic E-state index is 12.3. The highest BCUT2D eigenvalue weighted by atomic mass is 32.2. The van der Waals surface area contributed by atoms with Crippen LogP contribution < -0.4 is 0 Å². The standard InChI is InChI=1S/C13H17NO6S/c1-20-13(17)6-9-2-4-10(5-3-9)21(18,19)14-7-11(15)12(16)8-14/h2-5,11-12,15-16H,6-8H2,1H3. The van der Waals surface area contributed by atoms with Crippen LogP contribution in [-0.2, 0) is 26.0 Å². The van der Waals surface area contributed by atoms with Gasteiger partial charge in [-0.2, -0.15) is 4.31 Å². The molecule has 0 aliphatic carbocycles. The fraction of sp³-hybridized carbons (Fsp3) is 0.462. The Morgan fingerprint density at radius 1 is 1.24 bits per heavy atom. The third-order valence-electron chi connectivity index (χ3n) is 3.36. The SMILES string of the molecule is COC(=O)Cc1ccc(S(=O)(=O)N2CC(O)C(O)C2)cc1. The molecule has 0 amide bonds. The Balaban J connectivity index is 2.16. The zero-order chi connectivity index (χ0) is 15.6. The number of esters is 1. The predicted octanol–water partition coefficient (Wildman–Crippen LogP) is -0.872. The predicted molar refractivity (Wildman–Crippen MR) is 72.9 cm³/mol. The van der Waals surface area contributed by atoms with Crippen molar-refractivity contribution in [2.75, 3.05) is 20.2 Å². The molecule has 0 aromatic heterocycles. The second-order valence-corrected chi connectivity index (χ2v) is 6.79.